The summed E-state index contributed by atoms with van der Waals surface area (Å²) in [6, 6.07) is 5.95. The van der Waals surface area contributed by atoms with Gasteiger partial charge in [0, 0.05) is 10.6 Å². The minimum Gasteiger partial charge on any atom is -0.320 e. The highest BCUT2D eigenvalue weighted by molar-refractivity contribution is 7.09. The van der Waals surface area contributed by atoms with E-state index in [1.807, 2.05) is 39.0 Å². The van der Waals surface area contributed by atoms with Crippen molar-refractivity contribution in [2.75, 3.05) is 5.32 Å². The van der Waals surface area contributed by atoms with Gasteiger partial charge in [-0.2, -0.15) is 0 Å². The minimum atomic E-state index is -0.138. The number of amides is 1. The van der Waals surface area contributed by atoms with Crippen LogP contribution in [0.4, 0.5) is 5.69 Å². The molecule has 1 N–H and O–H groups in total. The number of para-hydroxylation sites is 1. The Kier molecular flexibility index (Phi) is 3.24. The molecule has 3 nitrogen and oxygen atoms in total. The average Bonchev–Trinajstić information content (AvgIpc) is 2.70. The molecule has 0 aliphatic carbocycles. The molecule has 0 saturated carbocycles. The second-order valence-corrected chi connectivity index (χ2v) is 5.04. The van der Waals surface area contributed by atoms with Crippen LogP contribution in [0.25, 0.3) is 0 Å². The monoisotopic (exact) mass is 246 g/mol. The second-order valence-electron chi connectivity index (χ2n) is 3.98. The third-order valence-electron chi connectivity index (χ3n) is 2.68. The van der Waals surface area contributed by atoms with Crippen molar-refractivity contribution in [3.05, 3.63) is 45.4 Å². The van der Waals surface area contributed by atoms with Gasteiger partial charge in [0.1, 0.15) is 5.69 Å². The fourth-order valence-electron chi connectivity index (χ4n) is 1.71. The molecule has 0 fully saturated rings. The van der Waals surface area contributed by atoms with Gasteiger partial charge in [0.25, 0.3) is 5.91 Å². The first-order chi connectivity index (χ1) is 8.09. The molecule has 0 radical (unpaired) electrons. The van der Waals surface area contributed by atoms with Gasteiger partial charge in [0.05, 0.1) is 5.51 Å². The Balaban J connectivity index is 2.28. The number of aromatic nitrogens is 1. The largest absolute Gasteiger partial charge is 0.320 e. The number of nitrogens with one attached hydrogen (secondary N) is 1. The van der Waals surface area contributed by atoms with Crippen molar-refractivity contribution in [1.29, 1.82) is 0 Å². The van der Waals surface area contributed by atoms with E-state index in [9.17, 15) is 4.79 Å². The molecule has 0 unspecified atom stereocenters. The predicted molar refractivity (Wildman–Crippen MR) is 70.7 cm³/mol. The number of carbonyl (C=O) groups excluding carboxylic acids is 1. The Hall–Kier alpha value is -1.68. The lowest BCUT2D eigenvalue weighted by Crippen LogP contribution is -2.15. The summed E-state index contributed by atoms with van der Waals surface area (Å²) >= 11 is 1.48. The van der Waals surface area contributed by atoms with Crippen LogP contribution in [0, 0.1) is 20.8 Å². The molecule has 0 bridgehead atoms. The van der Waals surface area contributed by atoms with E-state index >= 15 is 0 Å². The zero-order valence-corrected chi connectivity index (χ0v) is 10.9. The molecule has 1 aromatic carbocycles. The van der Waals surface area contributed by atoms with E-state index in [4.69, 9.17) is 0 Å². The van der Waals surface area contributed by atoms with Gasteiger partial charge in [-0.15, -0.1) is 11.3 Å². The molecule has 2 rings (SSSR count). The first-order valence-electron chi connectivity index (χ1n) is 5.37. The lowest BCUT2D eigenvalue weighted by atomic mass is 10.1. The minimum absolute atomic E-state index is 0.138. The maximum absolute atomic E-state index is 12.0. The van der Waals surface area contributed by atoms with E-state index < -0.39 is 0 Å². The fourth-order valence-corrected chi connectivity index (χ4v) is 2.28. The van der Waals surface area contributed by atoms with Crippen LogP contribution in [-0.2, 0) is 0 Å². The van der Waals surface area contributed by atoms with Crippen LogP contribution in [0.15, 0.2) is 23.7 Å². The van der Waals surface area contributed by atoms with Gasteiger partial charge in [0.15, 0.2) is 0 Å². The van der Waals surface area contributed by atoms with E-state index in [1.54, 1.807) is 5.51 Å². The molecule has 17 heavy (non-hydrogen) atoms. The Morgan fingerprint density at radius 3 is 2.41 bits per heavy atom. The Bertz CT molecular complexity index is 540. The van der Waals surface area contributed by atoms with E-state index in [0.29, 0.717) is 5.69 Å². The highest BCUT2D eigenvalue weighted by atomic mass is 32.1. The second kappa shape index (κ2) is 4.67. The SMILES string of the molecule is Cc1cccc(C)c1NC(=O)c1ncsc1C. The Labute approximate surface area is 105 Å². The summed E-state index contributed by atoms with van der Waals surface area (Å²) < 4.78 is 0. The maximum atomic E-state index is 12.0. The van der Waals surface area contributed by atoms with Crippen LogP contribution in [0.2, 0.25) is 0 Å². The first kappa shape index (κ1) is 11.8. The molecule has 0 atom stereocenters. The van der Waals surface area contributed by atoms with Crippen molar-refractivity contribution in [3.63, 3.8) is 0 Å². The summed E-state index contributed by atoms with van der Waals surface area (Å²) in [4.78, 5) is 17.0. The predicted octanol–water partition coefficient (Wildman–Crippen LogP) is 3.32. The molecule has 0 saturated heterocycles. The zero-order valence-electron chi connectivity index (χ0n) is 10.1. The van der Waals surface area contributed by atoms with Crippen LogP contribution in [0.5, 0.6) is 0 Å². The third-order valence-corrected chi connectivity index (χ3v) is 3.44. The maximum Gasteiger partial charge on any atom is 0.275 e. The molecule has 88 valence electrons. The molecule has 0 aliphatic heterocycles. The molecule has 2 aromatic rings. The number of hydrogen-bond donors (Lipinski definition) is 1. The van der Waals surface area contributed by atoms with Crippen molar-refractivity contribution >= 4 is 22.9 Å². The van der Waals surface area contributed by atoms with Crippen LogP contribution < -0.4 is 5.32 Å². The lowest BCUT2D eigenvalue weighted by molar-refractivity contribution is 0.102. The van der Waals surface area contributed by atoms with Crippen molar-refractivity contribution < 1.29 is 4.79 Å². The highest BCUT2D eigenvalue weighted by Gasteiger charge is 2.13. The normalized spacial score (nSPS) is 10.3. The Morgan fingerprint density at radius 2 is 1.88 bits per heavy atom. The topological polar surface area (TPSA) is 42.0 Å². The number of thiazole rings is 1. The van der Waals surface area contributed by atoms with Crippen LogP contribution in [-0.4, -0.2) is 10.9 Å². The highest BCUT2D eigenvalue weighted by Crippen LogP contribution is 2.21. The van der Waals surface area contributed by atoms with Crippen LogP contribution >= 0.6 is 11.3 Å². The number of benzene rings is 1. The van der Waals surface area contributed by atoms with Gasteiger partial charge in [0.2, 0.25) is 0 Å². The van der Waals surface area contributed by atoms with E-state index in [1.165, 1.54) is 11.3 Å². The fraction of sp³-hybridized carbons (Fsp3) is 0.231. The smallest absolute Gasteiger partial charge is 0.275 e. The summed E-state index contributed by atoms with van der Waals surface area (Å²) in [6.07, 6.45) is 0. The van der Waals surface area contributed by atoms with E-state index in [2.05, 4.69) is 10.3 Å². The van der Waals surface area contributed by atoms with Crippen LogP contribution in [0.3, 0.4) is 0 Å². The zero-order chi connectivity index (χ0) is 12.4. The summed E-state index contributed by atoms with van der Waals surface area (Å²) in [5, 5.41) is 2.93. The molecule has 4 heteroatoms. The van der Waals surface area contributed by atoms with Gasteiger partial charge in [-0.3, -0.25) is 4.79 Å². The van der Waals surface area contributed by atoms with Gasteiger partial charge >= 0.3 is 0 Å². The Morgan fingerprint density at radius 1 is 1.24 bits per heavy atom. The van der Waals surface area contributed by atoms with Crippen LogP contribution in [0.1, 0.15) is 26.5 Å². The molecule has 0 spiro atoms. The van der Waals surface area contributed by atoms with E-state index in [-0.39, 0.29) is 5.91 Å². The molecule has 1 aromatic heterocycles. The van der Waals surface area contributed by atoms with Gasteiger partial charge < -0.3 is 5.32 Å². The standard InChI is InChI=1S/C13H14N2OS/c1-8-5-4-6-9(2)11(8)15-13(16)12-10(3)17-7-14-12/h4-7H,1-3H3,(H,15,16). The number of nitrogens with zero attached hydrogens (tertiary/aromatic N) is 1. The van der Waals surface area contributed by atoms with Gasteiger partial charge in [-0.25, -0.2) is 4.98 Å². The van der Waals surface area contributed by atoms with E-state index in [0.717, 1.165) is 21.7 Å². The molecular formula is C13H14N2OS. The summed E-state index contributed by atoms with van der Waals surface area (Å²) in [6.45, 7) is 5.87. The lowest BCUT2D eigenvalue weighted by Gasteiger charge is -2.10. The summed E-state index contributed by atoms with van der Waals surface area (Å²) in [7, 11) is 0. The quantitative estimate of drug-likeness (QED) is 0.883. The third kappa shape index (κ3) is 2.36. The molecule has 1 heterocycles. The number of anilines is 1. The molecular weight excluding hydrogens is 232 g/mol. The number of rotatable bonds is 2. The molecule has 0 aliphatic rings. The summed E-state index contributed by atoms with van der Waals surface area (Å²) in [5.74, 6) is -0.138. The average molecular weight is 246 g/mol. The van der Waals surface area contributed by atoms with Gasteiger partial charge in [-0.05, 0) is 31.9 Å². The summed E-state index contributed by atoms with van der Waals surface area (Å²) in [5.41, 5.74) is 5.20. The van der Waals surface area contributed by atoms with Crippen molar-refractivity contribution in [2.24, 2.45) is 0 Å². The van der Waals surface area contributed by atoms with Crippen molar-refractivity contribution in [3.8, 4) is 0 Å². The van der Waals surface area contributed by atoms with Gasteiger partial charge in [-0.1, -0.05) is 18.2 Å². The number of hydrogen-bond acceptors (Lipinski definition) is 3. The van der Waals surface area contributed by atoms with Crippen molar-refractivity contribution in [2.45, 2.75) is 20.8 Å². The first-order valence-corrected chi connectivity index (χ1v) is 6.25. The number of aryl methyl sites for hydroxylation is 3. The van der Waals surface area contributed by atoms with Crippen molar-refractivity contribution in [1.82, 2.24) is 4.98 Å². The molecule has 1 amide bonds. The number of carbonyl (C=O) groups is 1.